The number of carbonyl (C=O) groups is 1. The summed E-state index contributed by atoms with van der Waals surface area (Å²) in [6.07, 6.45) is 2.12. The Hall–Kier alpha value is -0.540. The first-order chi connectivity index (χ1) is 5.16. The number of hydrogen-bond donors (Lipinski definition) is 2. The smallest absolute Gasteiger partial charge is 0.218 e. The minimum atomic E-state index is -0.292. The minimum Gasteiger partial charge on any atom is -0.370 e. The molecule has 0 saturated carbocycles. The van der Waals surface area contributed by atoms with Crippen molar-refractivity contribution in [3.63, 3.8) is 0 Å². The van der Waals surface area contributed by atoms with Crippen LogP contribution in [0.1, 0.15) is 13.3 Å². The highest BCUT2D eigenvalue weighted by Gasteiger charge is 2.02. The molecule has 11 heavy (non-hydrogen) atoms. The van der Waals surface area contributed by atoms with Gasteiger partial charge in [-0.3, -0.25) is 4.79 Å². The number of nitrogens with two attached hydrogens (primary N) is 1. The Labute approximate surface area is 71.6 Å². The molecule has 3 N–H and O–H groups in total. The molecule has 0 aromatic heterocycles. The van der Waals surface area contributed by atoms with Crippen molar-refractivity contribution in [2.75, 3.05) is 6.54 Å². The number of amides is 1. The molecule has 0 aliphatic heterocycles. The molecule has 0 spiro atoms. The zero-order valence-electron chi connectivity index (χ0n) is 6.51. The van der Waals surface area contributed by atoms with E-state index in [1.807, 2.05) is 6.92 Å². The van der Waals surface area contributed by atoms with E-state index in [0.717, 1.165) is 0 Å². The van der Waals surface area contributed by atoms with E-state index in [-0.39, 0.29) is 11.9 Å². The van der Waals surface area contributed by atoms with Gasteiger partial charge in [-0.05, 0) is 6.92 Å². The standard InChI is InChI=1S/C7H13ClN2O/c1-6(5-7(9)11)10-4-2-3-8/h2-3,6,10H,4-5H2,1H3,(H2,9,11)/b3-2+. The second kappa shape index (κ2) is 6.19. The van der Waals surface area contributed by atoms with Crippen LogP contribution in [0.3, 0.4) is 0 Å². The molecule has 0 rings (SSSR count). The van der Waals surface area contributed by atoms with Gasteiger partial charge in [0, 0.05) is 24.5 Å². The Balaban J connectivity index is 3.36. The van der Waals surface area contributed by atoms with Gasteiger partial charge in [0.25, 0.3) is 0 Å². The van der Waals surface area contributed by atoms with Crippen molar-refractivity contribution in [1.82, 2.24) is 5.32 Å². The number of nitrogens with one attached hydrogen (secondary N) is 1. The first-order valence-electron chi connectivity index (χ1n) is 3.43. The zero-order chi connectivity index (χ0) is 8.69. The molecule has 1 atom stereocenters. The highest BCUT2D eigenvalue weighted by molar-refractivity contribution is 6.25. The monoisotopic (exact) mass is 176 g/mol. The van der Waals surface area contributed by atoms with Crippen molar-refractivity contribution in [1.29, 1.82) is 0 Å². The molecule has 0 aliphatic carbocycles. The van der Waals surface area contributed by atoms with Crippen molar-refractivity contribution < 1.29 is 4.79 Å². The normalized spacial score (nSPS) is 13.6. The second-order valence-electron chi connectivity index (χ2n) is 2.34. The summed E-state index contributed by atoms with van der Waals surface area (Å²) in [6.45, 7) is 2.56. The Morgan fingerprint density at radius 3 is 2.91 bits per heavy atom. The molecule has 1 amide bonds. The predicted octanol–water partition coefficient (Wildman–Crippen LogP) is 0.592. The van der Waals surface area contributed by atoms with Crippen LogP contribution in [0.5, 0.6) is 0 Å². The first kappa shape index (κ1) is 10.5. The van der Waals surface area contributed by atoms with Gasteiger partial charge in [0.05, 0.1) is 0 Å². The molecule has 0 saturated heterocycles. The molecule has 0 heterocycles. The van der Waals surface area contributed by atoms with Crippen LogP contribution in [0.25, 0.3) is 0 Å². The van der Waals surface area contributed by atoms with Crippen LogP contribution >= 0.6 is 11.6 Å². The highest BCUT2D eigenvalue weighted by atomic mass is 35.5. The maximum Gasteiger partial charge on any atom is 0.218 e. The van der Waals surface area contributed by atoms with E-state index in [9.17, 15) is 4.79 Å². The lowest BCUT2D eigenvalue weighted by Crippen LogP contribution is -2.30. The lowest BCUT2D eigenvalue weighted by molar-refractivity contribution is -0.118. The SMILES string of the molecule is CC(CC(N)=O)NC/C=C/Cl. The van der Waals surface area contributed by atoms with Crippen molar-refractivity contribution in [2.45, 2.75) is 19.4 Å². The van der Waals surface area contributed by atoms with Gasteiger partial charge in [0.2, 0.25) is 5.91 Å². The van der Waals surface area contributed by atoms with E-state index in [2.05, 4.69) is 5.32 Å². The number of carbonyl (C=O) groups excluding carboxylic acids is 1. The number of halogens is 1. The fourth-order valence-electron chi connectivity index (χ4n) is 0.688. The second-order valence-corrected chi connectivity index (χ2v) is 2.59. The van der Waals surface area contributed by atoms with E-state index in [4.69, 9.17) is 17.3 Å². The fourth-order valence-corrected chi connectivity index (χ4v) is 0.777. The minimum absolute atomic E-state index is 0.111. The molecule has 0 aliphatic rings. The summed E-state index contributed by atoms with van der Waals surface area (Å²) in [5.41, 5.74) is 6.41. The van der Waals surface area contributed by atoms with E-state index in [0.29, 0.717) is 13.0 Å². The van der Waals surface area contributed by atoms with Crippen LogP contribution in [-0.2, 0) is 4.79 Å². The van der Waals surface area contributed by atoms with E-state index in [1.165, 1.54) is 5.54 Å². The average Bonchev–Trinajstić information content (AvgIpc) is 1.86. The quantitative estimate of drug-likeness (QED) is 0.645. The number of rotatable bonds is 5. The van der Waals surface area contributed by atoms with Gasteiger partial charge in [-0.25, -0.2) is 0 Å². The lowest BCUT2D eigenvalue weighted by Gasteiger charge is -2.08. The molecule has 0 aromatic carbocycles. The largest absolute Gasteiger partial charge is 0.370 e. The van der Waals surface area contributed by atoms with Crippen LogP contribution in [-0.4, -0.2) is 18.5 Å². The summed E-state index contributed by atoms with van der Waals surface area (Å²) < 4.78 is 0. The zero-order valence-corrected chi connectivity index (χ0v) is 7.27. The summed E-state index contributed by atoms with van der Waals surface area (Å²) in [5, 5.41) is 3.04. The van der Waals surface area contributed by atoms with Crippen molar-refractivity contribution in [2.24, 2.45) is 5.73 Å². The lowest BCUT2D eigenvalue weighted by atomic mass is 10.2. The van der Waals surface area contributed by atoms with Gasteiger partial charge in [-0.15, -0.1) is 0 Å². The molecule has 0 bridgehead atoms. The maximum atomic E-state index is 10.4. The molecule has 3 nitrogen and oxygen atoms in total. The van der Waals surface area contributed by atoms with E-state index in [1.54, 1.807) is 6.08 Å². The average molecular weight is 177 g/mol. The summed E-state index contributed by atoms with van der Waals surface area (Å²) in [7, 11) is 0. The molecule has 0 aromatic rings. The summed E-state index contributed by atoms with van der Waals surface area (Å²) in [5.74, 6) is -0.292. The van der Waals surface area contributed by atoms with Gasteiger partial charge in [0.1, 0.15) is 0 Å². The van der Waals surface area contributed by atoms with Crippen LogP contribution in [0.4, 0.5) is 0 Å². The van der Waals surface area contributed by atoms with Gasteiger partial charge < -0.3 is 11.1 Å². The Morgan fingerprint density at radius 2 is 2.45 bits per heavy atom. The van der Waals surface area contributed by atoms with Crippen molar-refractivity contribution in [3.05, 3.63) is 11.6 Å². The molecule has 1 unspecified atom stereocenters. The van der Waals surface area contributed by atoms with Crippen molar-refractivity contribution in [3.8, 4) is 0 Å². The summed E-state index contributed by atoms with van der Waals surface area (Å²) in [6, 6.07) is 0.111. The fraction of sp³-hybridized carbons (Fsp3) is 0.571. The number of hydrogen-bond acceptors (Lipinski definition) is 2. The van der Waals surface area contributed by atoms with Crippen LogP contribution < -0.4 is 11.1 Å². The van der Waals surface area contributed by atoms with Gasteiger partial charge >= 0.3 is 0 Å². The van der Waals surface area contributed by atoms with Crippen molar-refractivity contribution >= 4 is 17.5 Å². The van der Waals surface area contributed by atoms with Gasteiger partial charge in [-0.1, -0.05) is 17.7 Å². The first-order valence-corrected chi connectivity index (χ1v) is 3.87. The predicted molar refractivity (Wildman–Crippen MR) is 46.3 cm³/mol. The summed E-state index contributed by atoms with van der Waals surface area (Å²) in [4.78, 5) is 10.4. The topological polar surface area (TPSA) is 55.1 Å². The van der Waals surface area contributed by atoms with Crippen LogP contribution in [0.2, 0.25) is 0 Å². The molecule has 4 heteroatoms. The Morgan fingerprint density at radius 1 is 1.82 bits per heavy atom. The van der Waals surface area contributed by atoms with Gasteiger partial charge in [-0.2, -0.15) is 0 Å². The molecular formula is C7H13ClN2O. The third kappa shape index (κ3) is 7.36. The van der Waals surface area contributed by atoms with Gasteiger partial charge in [0.15, 0.2) is 0 Å². The third-order valence-corrected chi connectivity index (χ3v) is 1.36. The maximum absolute atomic E-state index is 10.4. The highest BCUT2D eigenvalue weighted by Crippen LogP contribution is 1.88. The molecule has 0 fully saturated rings. The molecule has 64 valence electrons. The third-order valence-electron chi connectivity index (χ3n) is 1.18. The Bertz CT molecular complexity index is 147. The molecule has 0 radical (unpaired) electrons. The van der Waals surface area contributed by atoms with Crippen LogP contribution in [0, 0.1) is 0 Å². The summed E-state index contributed by atoms with van der Waals surface area (Å²) >= 11 is 5.28. The number of primary amides is 1. The van der Waals surface area contributed by atoms with Crippen LogP contribution in [0.15, 0.2) is 11.6 Å². The molecular weight excluding hydrogens is 164 g/mol. The Kier molecular flexibility index (Phi) is 5.88. The van der Waals surface area contributed by atoms with E-state index < -0.39 is 0 Å². The van der Waals surface area contributed by atoms with E-state index >= 15 is 0 Å².